The van der Waals surface area contributed by atoms with Crippen LogP contribution in [0.25, 0.3) is 0 Å². The minimum absolute atomic E-state index is 0.352. The van der Waals surface area contributed by atoms with E-state index in [2.05, 4.69) is 10.1 Å². The number of ether oxygens (including phenoxy) is 1. The Morgan fingerprint density at radius 2 is 2.29 bits per heavy atom. The summed E-state index contributed by atoms with van der Waals surface area (Å²) in [6.07, 6.45) is 1.49. The van der Waals surface area contributed by atoms with E-state index in [0.29, 0.717) is 18.2 Å². The third-order valence-electron chi connectivity index (χ3n) is 2.40. The Balaban J connectivity index is 2.11. The number of nitrogens with zero attached hydrogens (tertiary/aromatic N) is 3. The lowest BCUT2D eigenvalue weighted by Gasteiger charge is -2.10. The number of benzene rings is 1. The van der Waals surface area contributed by atoms with Gasteiger partial charge in [-0.05, 0) is 18.2 Å². The first kappa shape index (κ1) is 11.9. The number of hydrogen-bond acceptors (Lipinski definition) is 4. The molecule has 1 aromatic carbocycles. The summed E-state index contributed by atoms with van der Waals surface area (Å²) in [4.78, 5) is 4.07. The van der Waals surface area contributed by atoms with E-state index in [1.165, 1.54) is 6.33 Å². The maximum Gasteiger partial charge on any atom is 0.164 e. The van der Waals surface area contributed by atoms with E-state index < -0.39 is 0 Å². The number of aromatic nitrogens is 3. The standard InChI is InChI=1S/C11H13ClN4O/c1-16-11(14-7-15-16)6-17-10-3-2-9(12)4-8(10)5-13/h2-4,7H,5-6,13H2,1H3. The Morgan fingerprint density at radius 3 is 2.94 bits per heavy atom. The summed E-state index contributed by atoms with van der Waals surface area (Å²) in [5, 5.41) is 4.61. The van der Waals surface area contributed by atoms with Gasteiger partial charge in [-0.25, -0.2) is 4.98 Å². The quantitative estimate of drug-likeness (QED) is 0.896. The van der Waals surface area contributed by atoms with Crippen LogP contribution in [0.5, 0.6) is 5.75 Å². The van der Waals surface area contributed by atoms with Crippen molar-refractivity contribution in [1.29, 1.82) is 0 Å². The molecule has 6 heteroatoms. The van der Waals surface area contributed by atoms with E-state index >= 15 is 0 Å². The van der Waals surface area contributed by atoms with Crippen molar-refractivity contribution >= 4 is 11.6 Å². The Kier molecular flexibility index (Phi) is 3.61. The molecule has 0 atom stereocenters. The predicted molar refractivity (Wildman–Crippen MR) is 64.7 cm³/mol. The second-order valence-corrected chi connectivity index (χ2v) is 3.98. The second kappa shape index (κ2) is 5.16. The lowest BCUT2D eigenvalue weighted by molar-refractivity contribution is 0.287. The monoisotopic (exact) mass is 252 g/mol. The Hall–Kier alpha value is -1.59. The van der Waals surface area contributed by atoms with Gasteiger partial charge in [0.15, 0.2) is 5.82 Å². The predicted octanol–water partition coefficient (Wildman–Crippen LogP) is 1.51. The smallest absolute Gasteiger partial charge is 0.164 e. The summed E-state index contributed by atoms with van der Waals surface area (Å²) in [7, 11) is 1.82. The first-order chi connectivity index (χ1) is 8.20. The topological polar surface area (TPSA) is 66.0 Å². The van der Waals surface area contributed by atoms with Gasteiger partial charge in [0.2, 0.25) is 0 Å². The minimum atomic E-state index is 0.352. The van der Waals surface area contributed by atoms with Gasteiger partial charge in [0.1, 0.15) is 18.7 Å². The second-order valence-electron chi connectivity index (χ2n) is 3.54. The number of hydrogen-bond donors (Lipinski definition) is 1. The van der Waals surface area contributed by atoms with Crippen LogP contribution in [0.4, 0.5) is 0 Å². The zero-order valence-electron chi connectivity index (χ0n) is 9.43. The fourth-order valence-corrected chi connectivity index (χ4v) is 1.64. The van der Waals surface area contributed by atoms with E-state index in [4.69, 9.17) is 22.1 Å². The minimum Gasteiger partial charge on any atom is -0.485 e. The lowest BCUT2D eigenvalue weighted by Crippen LogP contribution is -2.07. The van der Waals surface area contributed by atoms with Crippen LogP contribution < -0.4 is 10.5 Å². The molecule has 0 aliphatic heterocycles. The first-order valence-electron chi connectivity index (χ1n) is 5.15. The normalized spacial score (nSPS) is 10.5. The van der Waals surface area contributed by atoms with Gasteiger partial charge in [-0.3, -0.25) is 4.68 Å². The summed E-state index contributed by atoms with van der Waals surface area (Å²) < 4.78 is 7.31. The number of rotatable bonds is 4. The highest BCUT2D eigenvalue weighted by atomic mass is 35.5. The van der Waals surface area contributed by atoms with Crippen LogP contribution in [0.15, 0.2) is 24.5 Å². The maximum absolute atomic E-state index is 5.88. The summed E-state index contributed by atoms with van der Waals surface area (Å²) in [6.45, 7) is 0.736. The third kappa shape index (κ3) is 2.75. The van der Waals surface area contributed by atoms with Crippen LogP contribution >= 0.6 is 11.6 Å². The molecule has 1 heterocycles. The molecule has 1 aromatic heterocycles. The number of halogens is 1. The van der Waals surface area contributed by atoms with Crippen LogP contribution in [-0.4, -0.2) is 14.8 Å². The van der Waals surface area contributed by atoms with Crippen LogP contribution in [0.3, 0.4) is 0 Å². The average Bonchev–Trinajstić information content (AvgIpc) is 2.73. The lowest BCUT2D eigenvalue weighted by atomic mass is 10.2. The molecule has 0 aliphatic rings. The highest BCUT2D eigenvalue weighted by Crippen LogP contribution is 2.23. The van der Waals surface area contributed by atoms with Gasteiger partial charge >= 0.3 is 0 Å². The van der Waals surface area contributed by atoms with E-state index in [0.717, 1.165) is 17.1 Å². The van der Waals surface area contributed by atoms with Crippen molar-refractivity contribution in [3.8, 4) is 5.75 Å². The van der Waals surface area contributed by atoms with Gasteiger partial charge in [0.25, 0.3) is 0 Å². The molecule has 0 amide bonds. The molecular weight excluding hydrogens is 240 g/mol. The first-order valence-corrected chi connectivity index (χ1v) is 5.52. The molecule has 0 fully saturated rings. The Morgan fingerprint density at radius 1 is 1.47 bits per heavy atom. The van der Waals surface area contributed by atoms with Crippen molar-refractivity contribution in [3.63, 3.8) is 0 Å². The van der Waals surface area contributed by atoms with E-state index in [-0.39, 0.29) is 0 Å². The number of nitrogens with two attached hydrogens (primary N) is 1. The molecule has 0 unspecified atom stereocenters. The van der Waals surface area contributed by atoms with Gasteiger partial charge in [0, 0.05) is 24.2 Å². The SMILES string of the molecule is Cn1ncnc1COc1ccc(Cl)cc1CN. The van der Waals surface area contributed by atoms with E-state index in [1.807, 2.05) is 7.05 Å². The maximum atomic E-state index is 5.88. The molecule has 2 N–H and O–H groups in total. The van der Waals surface area contributed by atoms with E-state index in [9.17, 15) is 0 Å². The largest absolute Gasteiger partial charge is 0.485 e. The summed E-state index contributed by atoms with van der Waals surface area (Å²) in [5.74, 6) is 1.47. The van der Waals surface area contributed by atoms with Crippen LogP contribution in [-0.2, 0) is 20.2 Å². The molecule has 0 aliphatic carbocycles. The molecule has 0 saturated heterocycles. The molecule has 17 heavy (non-hydrogen) atoms. The summed E-state index contributed by atoms with van der Waals surface area (Å²) in [6, 6.07) is 5.38. The van der Waals surface area contributed by atoms with Gasteiger partial charge in [0.05, 0.1) is 0 Å². The van der Waals surface area contributed by atoms with Crippen LogP contribution in [0.1, 0.15) is 11.4 Å². The third-order valence-corrected chi connectivity index (χ3v) is 2.64. The van der Waals surface area contributed by atoms with Gasteiger partial charge in [-0.15, -0.1) is 0 Å². The van der Waals surface area contributed by atoms with Gasteiger partial charge in [-0.2, -0.15) is 5.10 Å². The fourth-order valence-electron chi connectivity index (χ4n) is 1.44. The fraction of sp³-hybridized carbons (Fsp3) is 0.273. The van der Waals surface area contributed by atoms with Crippen molar-refractivity contribution in [2.75, 3.05) is 0 Å². The molecule has 0 radical (unpaired) electrons. The zero-order chi connectivity index (χ0) is 12.3. The molecule has 2 rings (SSSR count). The highest BCUT2D eigenvalue weighted by Gasteiger charge is 2.06. The molecular formula is C11H13ClN4O. The van der Waals surface area contributed by atoms with Crippen LogP contribution in [0, 0.1) is 0 Å². The Bertz CT molecular complexity index is 512. The van der Waals surface area contributed by atoms with Crippen molar-refractivity contribution in [1.82, 2.24) is 14.8 Å². The van der Waals surface area contributed by atoms with Gasteiger partial charge < -0.3 is 10.5 Å². The number of aryl methyl sites for hydroxylation is 1. The van der Waals surface area contributed by atoms with Crippen molar-refractivity contribution in [3.05, 3.63) is 40.9 Å². The molecule has 5 nitrogen and oxygen atoms in total. The Labute approximate surface area is 104 Å². The van der Waals surface area contributed by atoms with Crippen molar-refractivity contribution in [2.24, 2.45) is 12.8 Å². The molecule has 0 spiro atoms. The van der Waals surface area contributed by atoms with Crippen molar-refractivity contribution < 1.29 is 4.74 Å². The zero-order valence-corrected chi connectivity index (χ0v) is 10.2. The average molecular weight is 253 g/mol. The van der Waals surface area contributed by atoms with Gasteiger partial charge in [-0.1, -0.05) is 11.6 Å². The molecule has 90 valence electrons. The summed E-state index contributed by atoms with van der Waals surface area (Å²) in [5.41, 5.74) is 6.50. The summed E-state index contributed by atoms with van der Waals surface area (Å²) >= 11 is 5.88. The van der Waals surface area contributed by atoms with Crippen LogP contribution in [0.2, 0.25) is 5.02 Å². The molecule has 2 aromatic rings. The van der Waals surface area contributed by atoms with E-state index in [1.54, 1.807) is 22.9 Å². The van der Waals surface area contributed by atoms with Crippen molar-refractivity contribution in [2.45, 2.75) is 13.2 Å². The molecule has 0 saturated carbocycles. The molecule has 0 bridgehead atoms. The highest BCUT2D eigenvalue weighted by molar-refractivity contribution is 6.30.